The van der Waals surface area contributed by atoms with Crippen molar-refractivity contribution in [2.75, 3.05) is 33.4 Å². The van der Waals surface area contributed by atoms with E-state index >= 15 is 0 Å². The van der Waals surface area contributed by atoms with Crippen LogP contribution in [0.4, 0.5) is 0 Å². The molecule has 134 valence electrons. The van der Waals surface area contributed by atoms with Crippen LogP contribution in [-0.4, -0.2) is 39.3 Å². The number of nitrogens with one attached hydrogen (secondary N) is 2. The van der Waals surface area contributed by atoms with Gasteiger partial charge >= 0.3 is 0 Å². The van der Waals surface area contributed by atoms with E-state index in [1.165, 1.54) is 12.8 Å². The number of methoxy groups -OCH3 is 1. The van der Waals surface area contributed by atoms with Gasteiger partial charge < -0.3 is 20.1 Å². The number of carbonyl (C=O) groups excluding carboxylic acids is 1. The van der Waals surface area contributed by atoms with Crippen LogP contribution in [0.5, 0.6) is 5.75 Å². The average Bonchev–Trinajstić information content (AvgIpc) is 2.64. The molecule has 0 aliphatic carbocycles. The first kappa shape index (κ1) is 18.7. The first-order valence-electron chi connectivity index (χ1n) is 8.96. The minimum atomic E-state index is 0.170. The molecule has 1 heterocycles. The van der Waals surface area contributed by atoms with E-state index in [0.717, 1.165) is 37.2 Å². The molecule has 1 saturated heterocycles. The standard InChI is InChI=1S/C19H30N2O3/c1-23-18-6-3-17(4-7-18)15-24-14-2-11-21-19(22)8-5-16-9-12-20-13-10-16/h3-4,6-7,16,20H,2,5,8-15H2,1H3,(H,21,22). The third-order valence-corrected chi connectivity index (χ3v) is 4.45. The van der Waals surface area contributed by atoms with E-state index in [1.54, 1.807) is 7.11 Å². The van der Waals surface area contributed by atoms with Crippen LogP contribution >= 0.6 is 0 Å². The van der Waals surface area contributed by atoms with E-state index in [1.807, 2.05) is 24.3 Å². The maximum atomic E-state index is 11.8. The summed E-state index contributed by atoms with van der Waals surface area (Å²) in [5, 5.41) is 6.34. The first-order valence-corrected chi connectivity index (χ1v) is 8.96. The van der Waals surface area contributed by atoms with E-state index in [2.05, 4.69) is 10.6 Å². The van der Waals surface area contributed by atoms with Gasteiger partial charge in [-0.15, -0.1) is 0 Å². The van der Waals surface area contributed by atoms with Gasteiger partial charge in [0.15, 0.2) is 0 Å². The Labute approximate surface area is 145 Å². The van der Waals surface area contributed by atoms with Crippen molar-refractivity contribution in [3.05, 3.63) is 29.8 Å². The summed E-state index contributed by atoms with van der Waals surface area (Å²) in [7, 11) is 1.66. The van der Waals surface area contributed by atoms with Crippen LogP contribution in [0.2, 0.25) is 0 Å². The second kappa shape index (κ2) is 11.0. The van der Waals surface area contributed by atoms with E-state index in [0.29, 0.717) is 32.1 Å². The average molecular weight is 334 g/mol. The highest BCUT2D eigenvalue weighted by molar-refractivity contribution is 5.75. The fourth-order valence-electron chi connectivity index (χ4n) is 2.91. The third-order valence-electron chi connectivity index (χ3n) is 4.45. The molecule has 5 nitrogen and oxygen atoms in total. The Hall–Kier alpha value is -1.59. The Kier molecular flexibility index (Phi) is 8.63. The van der Waals surface area contributed by atoms with E-state index in [4.69, 9.17) is 9.47 Å². The highest BCUT2D eigenvalue weighted by Gasteiger charge is 2.14. The second-order valence-electron chi connectivity index (χ2n) is 6.34. The van der Waals surface area contributed by atoms with Gasteiger partial charge in [0.1, 0.15) is 5.75 Å². The van der Waals surface area contributed by atoms with Gasteiger partial charge in [0.2, 0.25) is 5.91 Å². The molecule has 0 atom stereocenters. The zero-order chi connectivity index (χ0) is 17.0. The Morgan fingerprint density at radius 2 is 2.00 bits per heavy atom. The predicted octanol–water partition coefficient (Wildman–Crippen LogP) is 2.50. The summed E-state index contributed by atoms with van der Waals surface area (Å²) >= 11 is 0. The molecule has 1 fully saturated rings. The summed E-state index contributed by atoms with van der Waals surface area (Å²) in [4.78, 5) is 11.8. The summed E-state index contributed by atoms with van der Waals surface area (Å²) in [5.41, 5.74) is 1.13. The number of carbonyl (C=O) groups is 1. The molecule has 0 radical (unpaired) electrons. The van der Waals surface area contributed by atoms with Gasteiger partial charge in [0.25, 0.3) is 0 Å². The van der Waals surface area contributed by atoms with Gasteiger partial charge in [-0.1, -0.05) is 12.1 Å². The van der Waals surface area contributed by atoms with Crippen LogP contribution in [0.1, 0.15) is 37.7 Å². The van der Waals surface area contributed by atoms with Crippen LogP contribution in [0, 0.1) is 5.92 Å². The summed E-state index contributed by atoms with van der Waals surface area (Å²) in [6.45, 7) is 4.12. The molecule has 24 heavy (non-hydrogen) atoms. The number of hydrogen-bond donors (Lipinski definition) is 2. The van der Waals surface area contributed by atoms with Crippen LogP contribution in [0.3, 0.4) is 0 Å². The van der Waals surface area contributed by atoms with Crippen molar-refractivity contribution in [1.82, 2.24) is 10.6 Å². The minimum absolute atomic E-state index is 0.170. The van der Waals surface area contributed by atoms with Gasteiger partial charge in [0, 0.05) is 19.6 Å². The summed E-state index contributed by atoms with van der Waals surface area (Å²) in [5.74, 6) is 1.74. The van der Waals surface area contributed by atoms with Crippen molar-refractivity contribution in [3.8, 4) is 5.75 Å². The molecule has 2 rings (SSSR count). The van der Waals surface area contributed by atoms with Crippen LogP contribution in [-0.2, 0) is 16.1 Å². The normalized spacial score (nSPS) is 15.2. The number of hydrogen-bond acceptors (Lipinski definition) is 4. The van der Waals surface area contributed by atoms with Gasteiger partial charge in [0.05, 0.1) is 13.7 Å². The Morgan fingerprint density at radius 1 is 1.25 bits per heavy atom. The minimum Gasteiger partial charge on any atom is -0.497 e. The zero-order valence-electron chi connectivity index (χ0n) is 14.7. The second-order valence-corrected chi connectivity index (χ2v) is 6.34. The number of piperidine rings is 1. The fourth-order valence-corrected chi connectivity index (χ4v) is 2.91. The lowest BCUT2D eigenvalue weighted by atomic mass is 9.93. The maximum Gasteiger partial charge on any atom is 0.220 e. The molecule has 1 amide bonds. The zero-order valence-corrected chi connectivity index (χ0v) is 14.7. The van der Waals surface area contributed by atoms with Gasteiger partial charge in [-0.3, -0.25) is 4.79 Å². The van der Waals surface area contributed by atoms with Crippen LogP contribution < -0.4 is 15.4 Å². The first-order chi connectivity index (χ1) is 11.8. The highest BCUT2D eigenvalue weighted by atomic mass is 16.5. The van der Waals surface area contributed by atoms with Crippen molar-refractivity contribution in [1.29, 1.82) is 0 Å². The van der Waals surface area contributed by atoms with Crippen molar-refractivity contribution in [2.45, 2.75) is 38.7 Å². The number of benzene rings is 1. The van der Waals surface area contributed by atoms with Crippen molar-refractivity contribution in [2.24, 2.45) is 5.92 Å². The number of rotatable bonds is 10. The molecule has 0 spiro atoms. The molecular formula is C19H30N2O3. The fraction of sp³-hybridized carbons (Fsp3) is 0.632. The monoisotopic (exact) mass is 334 g/mol. The van der Waals surface area contributed by atoms with Gasteiger partial charge in [-0.25, -0.2) is 0 Å². The smallest absolute Gasteiger partial charge is 0.220 e. The number of ether oxygens (including phenoxy) is 2. The van der Waals surface area contributed by atoms with Crippen LogP contribution in [0.25, 0.3) is 0 Å². The number of amides is 1. The van der Waals surface area contributed by atoms with Crippen molar-refractivity contribution < 1.29 is 14.3 Å². The molecule has 2 N–H and O–H groups in total. The van der Waals surface area contributed by atoms with E-state index < -0.39 is 0 Å². The SMILES string of the molecule is COc1ccc(COCCCNC(=O)CCC2CCNCC2)cc1. The Balaban J connectivity index is 1.46. The Bertz CT molecular complexity index is 470. The quantitative estimate of drug-likeness (QED) is 0.646. The molecule has 0 saturated carbocycles. The molecule has 1 aliphatic heterocycles. The molecule has 1 aromatic carbocycles. The Morgan fingerprint density at radius 3 is 2.71 bits per heavy atom. The van der Waals surface area contributed by atoms with Crippen molar-refractivity contribution >= 4 is 5.91 Å². The summed E-state index contributed by atoms with van der Waals surface area (Å²) in [6.07, 6.45) is 4.91. The molecule has 0 bridgehead atoms. The lowest BCUT2D eigenvalue weighted by Gasteiger charge is -2.22. The molecule has 0 aromatic heterocycles. The summed E-state index contributed by atoms with van der Waals surface area (Å²) < 4.78 is 10.8. The largest absolute Gasteiger partial charge is 0.497 e. The van der Waals surface area contributed by atoms with Crippen LogP contribution in [0.15, 0.2) is 24.3 Å². The lowest BCUT2D eigenvalue weighted by molar-refractivity contribution is -0.121. The van der Waals surface area contributed by atoms with E-state index in [-0.39, 0.29) is 5.91 Å². The highest BCUT2D eigenvalue weighted by Crippen LogP contribution is 2.17. The topological polar surface area (TPSA) is 59.6 Å². The molecule has 1 aliphatic rings. The summed E-state index contributed by atoms with van der Waals surface area (Å²) in [6, 6.07) is 7.87. The predicted molar refractivity (Wildman–Crippen MR) is 95.1 cm³/mol. The van der Waals surface area contributed by atoms with Crippen molar-refractivity contribution in [3.63, 3.8) is 0 Å². The molecular weight excluding hydrogens is 304 g/mol. The molecule has 5 heteroatoms. The van der Waals surface area contributed by atoms with Gasteiger partial charge in [-0.05, 0) is 62.4 Å². The van der Waals surface area contributed by atoms with Gasteiger partial charge in [-0.2, -0.15) is 0 Å². The molecule has 1 aromatic rings. The van der Waals surface area contributed by atoms with E-state index in [9.17, 15) is 4.79 Å². The third kappa shape index (κ3) is 7.32. The maximum absolute atomic E-state index is 11.8. The lowest BCUT2D eigenvalue weighted by Crippen LogP contribution is -2.29. The molecule has 0 unspecified atom stereocenters.